The number of halogens is 1. The van der Waals surface area contributed by atoms with Gasteiger partial charge in [-0.15, -0.1) is 0 Å². The Labute approximate surface area is 212 Å². The Bertz CT molecular complexity index is 1150. The number of piperidine rings is 1. The van der Waals surface area contributed by atoms with Crippen molar-refractivity contribution in [1.29, 1.82) is 5.26 Å². The van der Waals surface area contributed by atoms with Crippen molar-refractivity contribution in [3.63, 3.8) is 0 Å². The van der Waals surface area contributed by atoms with Crippen LogP contribution in [0.15, 0.2) is 48.9 Å². The zero-order chi connectivity index (χ0) is 24.2. The van der Waals surface area contributed by atoms with Crippen LogP contribution in [0.2, 0.25) is 5.02 Å². The van der Waals surface area contributed by atoms with Gasteiger partial charge in [-0.1, -0.05) is 30.7 Å². The van der Waals surface area contributed by atoms with Crippen LogP contribution in [-0.2, 0) is 6.54 Å². The summed E-state index contributed by atoms with van der Waals surface area (Å²) in [6, 6.07) is 13.3. The second kappa shape index (κ2) is 10.8. The Morgan fingerprint density at radius 3 is 2.57 bits per heavy atom. The molecule has 1 unspecified atom stereocenters. The van der Waals surface area contributed by atoms with E-state index in [0.717, 1.165) is 68.5 Å². The zero-order valence-electron chi connectivity index (χ0n) is 20.2. The predicted molar refractivity (Wildman–Crippen MR) is 139 cm³/mol. The Morgan fingerprint density at radius 2 is 1.91 bits per heavy atom. The third-order valence-electron chi connectivity index (χ3n) is 7.41. The van der Waals surface area contributed by atoms with Gasteiger partial charge in [0, 0.05) is 62.4 Å². The quantitative estimate of drug-likeness (QED) is 0.547. The summed E-state index contributed by atoms with van der Waals surface area (Å²) in [5.74, 6) is 1.66. The Kier molecular flexibility index (Phi) is 7.33. The lowest BCUT2D eigenvalue weighted by molar-refractivity contribution is 0.0610. The molecule has 0 radical (unpaired) electrons. The highest BCUT2D eigenvalue weighted by atomic mass is 35.5. The first-order chi connectivity index (χ1) is 17.1. The van der Waals surface area contributed by atoms with Gasteiger partial charge in [0.05, 0.1) is 16.7 Å². The number of aromatic amines is 1. The molecule has 0 aliphatic carbocycles. The molecule has 5 rings (SSSR count). The van der Waals surface area contributed by atoms with Crippen LogP contribution in [0.3, 0.4) is 0 Å². The number of benzene rings is 1. The first kappa shape index (κ1) is 23.8. The van der Waals surface area contributed by atoms with Crippen molar-refractivity contribution in [1.82, 2.24) is 24.8 Å². The van der Waals surface area contributed by atoms with Crippen LogP contribution in [0, 0.1) is 11.3 Å². The van der Waals surface area contributed by atoms with Gasteiger partial charge in [0.1, 0.15) is 11.6 Å². The van der Waals surface area contributed by atoms with Gasteiger partial charge in [-0.25, -0.2) is 9.97 Å². The maximum atomic E-state index is 9.00. The number of piperazine rings is 1. The lowest BCUT2D eigenvalue weighted by Gasteiger charge is -2.47. The third-order valence-corrected chi connectivity index (χ3v) is 7.69. The van der Waals surface area contributed by atoms with E-state index in [2.05, 4.69) is 49.8 Å². The van der Waals surface area contributed by atoms with Crippen molar-refractivity contribution < 1.29 is 0 Å². The van der Waals surface area contributed by atoms with Gasteiger partial charge in [-0.3, -0.25) is 9.80 Å². The van der Waals surface area contributed by atoms with E-state index in [0.29, 0.717) is 17.1 Å². The molecule has 2 aliphatic heterocycles. The van der Waals surface area contributed by atoms with Crippen molar-refractivity contribution in [3.05, 3.63) is 65.1 Å². The number of hydrogen-bond donors (Lipinski definition) is 1. The van der Waals surface area contributed by atoms with E-state index in [4.69, 9.17) is 21.8 Å². The summed E-state index contributed by atoms with van der Waals surface area (Å²) in [4.78, 5) is 19.8. The molecular formula is C27H32ClN7. The molecule has 3 aromatic rings. The number of aromatic nitrogens is 3. The number of imidazole rings is 1. The number of anilines is 1. The van der Waals surface area contributed by atoms with Crippen LogP contribution in [-0.4, -0.2) is 69.6 Å². The fraction of sp³-hybridized carbons (Fsp3) is 0.444. The fourth-order valence-electron chi connectivity index (χ4n) is 5.47. The van der Waals surface area contributed by atoms with Gasteiger partial charge in [0.15, 0.2) is 0 Å². The maximum Gasteiger partial charge on any atom is 0.147 e. The number of nitriles is 1. The van der Waals surface area contributed by atoms with E-state index in [9.17, 15) is 0 Å². The summed E-state index contributed by atoms with van der Waals surface area (Å²) in [6.07, 6.45) is 8.91. The van der Waals surface area contributed by atoms with E-state index in [1.54, 1.807) is 12.4 Å². The van der Waals surface area contributed by atoms with E-state index in [-0.39, 0.29) is 0 Å². The monoisotopic (exact) mass is 489 g/mol. The molecule has 1 aromatic carbocycles. The minimum absolute atomic E-state index is 0.501. The molecule has 2 fully saturated rings. The van der Waals surface area contributed by atoms with E-state index in [1.165, 1.54) is 18.4 Å². The van der Waals surface area contributed by atoms with Crippen LogP contribution in [0.4, 0.5) is 5.82 Å². The Morgan fingerprint density at radius 1 is 1.11 bits per heavy atom. The van der Waals surface area contributed by atoms with Crippen LogP contribution < -0.4 is 4.90 Å². The van der Waals surface area contributed by atoms with Crippen LogP contribution in [0.1, 0.15) is 37.3 Å². The second-order valence-corrected chi connectivity index (χ2v) is 9.94. The molecule has 0 amide bonds. The Balaban J connectivity index is 1.17. The Hall–Kier alpha value is -2.92. The normalized spacial score (nSPS) is 20.1. The van der Waals surface area contributed by atoms with Crippen molar-refractivity contribution in [2.45, 2.75) is 44.8 Å². The van der Waals surface area contributed by atoms with E-state index < -0.39 is 0 Å². The highest BCUT2D eigenvalue weighted by Gasteiger charge is 2.34. The number of pyridine rings is 1. The molecule has 0 spiro atoms. The van der Waals surface area contributed by atoms with Gasteiger partial charge in [-0.05, 0) is 56.1 Å². The van der Waals surface area contributed by atoms with Crippen molar-refractivity contribution in [2.75, 3.05) is 37.6 Å². The summed E-state index contributed by atoms with van der Waals surface area (Å²) >= 11 is 6.67. The van der Waals surface area contributed by atoms with Gasteiger partial charge in [-0.2, -0.15) is 5.26 Å². The molecule has 1 atom stereocenters. The van der Waals surface area contributed by atoms with E-state index in [1.807, 2.05) is 24.4 Å². The first-order valence-corrected chi connectivity index (χ1v) is 12.9. The highest BCUT2D eigenvalue weighted by Crippen LogP contribution is 2.31. The number of rotatable bonds is 6. The minimum Gasteiger partial charge on any atom is -0.353 e. The summed E-state index contributed by atoms with van der Waals surface area (Å²) in [5, 5.41) is 9.68. The number of likely N-dealkylation sites (tertiary alicyclic amines) is 1. The van der Waals surface area contributed by atoms with Gasteiger partial charge < -0.3 is 9.88 Å². The molecule has 7 nitrogen and oxygen atoms in total. The standard InChI is InChI=1S/C27H32ClN7/c1-2-23-19-34(27-25(28)15-22(17-32-27)26-30-9-10-31-26)13-14-35(23)24-7-11-33(12-8-24)18-21-5-3-20(16-29)4-6-21/h3-6,9-10,15,17,23-24H,2,7-8,11-14,18-19H2,1H3,(H,30,31). The molecule has 0 bridgehead atoms. The SMILES string of the molecule is CCC1CN(c2ncc(-c3ncc[nH]3)cc2Cl)CCN1C1CCN(Cc2ccc(C#N)cc2)CC1. The number of H-pyrrole nitrogens is 1. The average Bonchev–Trinajstić information content (AvgIpc) is 3.44. The molecule has 2 aromatic heterocycles. The summed E-state index contributed by atoms with van der Waals surface area (Å²) in [7, 11) is 0. The lowest BCUT2D eigenvalue weighted by Crippen LogP contribution is -2.58. The molecular weight excluding hydrogens is 458 g/mol. The highest BCUT2D eigenvalue weighted by molar-refractivity contribution is 6.33. The largest absolute Gasteiger partial charge is 0.353 e. The molecule has 1 N–H and O–H groups in total. The summed E-state index contributed by atoms with van der Waals surface area (Å²) in [6.45, 7) is 8.41. The van der Waals surface area contributed by atoms with E-state index >= 15 is 0 Å². The van der Waals surface area contributed by atoms with Crippen LogP contribution in [0.25, 0.3) is 11.4 Å². The average molecular weight is 490 g/mol. The van der Waals surface area contributed by atoms with Crippen LogP contribution in [0.5, 0.6) is 0 Å². The number of hydrogen-bond acceptors (Lipinski definition) is 6. The summed E-state index contributed by atoms with van der Waals surface area (Å²) < 4.78 is 0. The van der Waals surface area contributed by atoms with Gasteiger partial charge in [0.25, 0.3) is 0 Å². The number of nitrogens with one attached hydrogen (secondary N) is 1. The third kappa shape index (κ3) is 5.35. The zero-order valence-corrected chi connectivity index (χ0v) is 21.0. The predicted octanol–water partition coefficient (Wildman–Crippen LogP) is 4.56. The lowest BCUT2D eigenvalue weighted by atomic mass is 9.97. The molecule has 2 saturated heterocycles. The van der Waals surface area contributed by atoms with Gasteiger partial charge in [0.2, 0.25) is 0 Å². The number of nitrogens with zero attached hydrogens (tertiary/aromatic N) is 6. The second-order valence-electron chi connectivity index (χ2n) is 9.53. The van der Waals surface area contributed by atoms with Crippen molar-refractivity contribution in [2.24, 2.45) is 0 Å². The first-order valence-electron chi connectivity index (χ1n) is 12.5. The topological polar surface area (TPSA) is 75.1 Å². The minimum atomic E-state index is 0.501. The smallest absolute Gasteiger partial charge is 0.147 e. The molecule has 35 heavy (non-hydrogen) atoms. The molecule has 2 aliphatic rings. The van der Waals surface area contributed by atoms with Crippen molar-refractivity contribution in [3.8, 4) is 17.5 Å². The summed E-state index contributed by atoms with van der Waals surface area (Å²) in [5.41, 5.74) is 2.91. The molecule has 4 heterocycles. The van der Waals surface area contributed by atoms with Crippen molar-refractivity contribution >= 4 is 17.4 Å². The molecule has 0 saturated carbocycles. The fourth-order valence-corrected chi connectivity index (χ4v) is 5.76. The maximum absolute atomic E-state index is 9.00. The molecule has 182 valence electrons. The van der Waals surface area contributed by atoms with Gasteiger partial charge >= 0.3 is 0 Å². The molecule has 8 heteroatoms. The van der Waals surface area contributed by atoms with Crippen LogP contribution >= 0.6 is 11.6 Å².